The first-order chi connectivity index (χ1) is 10.7. The van der Waals surface area contributed by atoms with E-state index >= 15 is 0 Å². The third-order valence-corrected chi connectivity index (χ3v) is 3.46. The zero-order valence-electron chi connectivity index (χ0n) is 12.1. The van der Waals surface area contributed by atoms with Crippen molar-refractivity contribution >= 4 is 11.0 Å². The second-order valence-electron chi connectivity index (χ2n) is 5.25. The van der Waals surface area contributed by atoms with E-state index in [1.165, 1.54) is 12.1 Å². The van der Waals surface area contributed by atoms with Crippen LogP contribution in [-0.4, -0.2) is 17.1 Å². The summed E-state index contributed by atoms with van der Waals surface area (Å²) in [5, 5.41) is 13.6. The van der Waals surface area contributed by atoms with Crippen LogP contribution in [0.2, 0.25) is 0 Å². The maximum Gasteiger partial charge on any atom is 0.170 e. The van der Waals surface area contributed by atoms with E-state index in [2.05, 4.69) is 16.1 Å². The zero-order chi connectivity index (χ0) is 15.5. The van der Waals surface area contributed by atoms with Gasteiger partial charge in [0, 0.05) is 24.5 Å². The Bertz CT molecular complexity index is 833. The quantitative estimate of drug-likeness (QED) is 0.739. The van der Waals surface area contributed by atoms with Crippen molar-refractivity contribution in [1.82, 2.24) is 10.1 Å². The van der Waals surface area contributed by atoms with Gasteiger partial charge in [0.1, 0.15) is 11.5 Å². The largest absolute Gasteiger partial charge is 0.356 e. The highest BCUT2D eigenvalue weighted by Gasteiger charge is 2.11. The molecule has 2 aromatic carbocycles. The number of rotatable bonds is 4. The number of nitriles is 1. The van der Waals surface area contributed by atoms with Crippen LogP contribution >= 0.6 is 0 Å². The minimum Gasteiger partial charge on any atom is -0.356 e. The molecule has 5 heteroatoms. The Balaban J connectivity index is 1.72. The summed E-state index contributed by atoms with van der Waals surface area (Å²) in [7, 11) is 1.97. The Labute approximate surface area is 127 Å². The monoisotopic (exact) mass is 295 g/mol. The Morgan fingerprint density at radius 2 is 1.95 bits per heavy atom. The molecule has 0 unspecified atom stereocenters. The molecule has 110 valence electrons. The van der Waals surface area contributed by atoms with E-state index in [0.717, 1.165) is 23.2 Å². The summed E-state index contributed by atoms with van der Waals surface area (Å²) in [6.07, 6.45) is 0. The Hall–Kier alpha value is -2.71. The number of halogens is 1. The molecule has 0 atom stereocenters. The third kappa shape index (κ3) is 2.97. The lowest BCUT2D eigenvalue weighted by Crippen LogP contribution is -2.17. The SMILES string of the molecule is CN(Cc1ccc(C#N)cc1)Cc1noc2cc(F)ccc12. The van der Waals surface area contributed by atoms with Crippen molar-refractivity contribution in [3.8, 4) is 6.07 Å². The number of hydrogen-bond donors (Lipinski definition) is 0. The van der Waals surface area contributed by atoms with Gasteiger partial charge in [-0.3, -0.25) is 4.90 Å². The average molecular weight is 295 g/mol. The summed E-state index contributed by atoms with van der Waals surface area (Å²) in [6.45, 7) is 1.32. The van der Waals surface area contributed by atoms with E-state index in [-0.39, 0.29) is 5.82 Å². The van der Waals surface area contributed by atoms with Crippen LogP contribution in [0.15, 0.2) is 47.0 Å². The highest BCUT2D eigenvalue weighted by molar-refractivity contribution is 5.79. The van der Waals surface area contributed by atoms with Gasteiger partial charge in [-0.1, -0.05) is 17.3 Å². The summed E-state index contributed by atoms with van der Waals surface area (Å²) in [5.41, 5.74) is 3.00. The van der Waals surface area contributed by atoms with E-state index in [1.54, 1.807) is 18.2 Å². The highest BCUT2D eigenvalue weighted by atomic mass is 19.1. The van der Waals surface area contributed by atoms with Crippen LogP contribution in [0.1, 0.15) is 16.8 Å². The molecule has 0 spiro atoms. The van der Waals surface area contributed by atoms with E-state index in [4.69, 9.17) is 9.78 Å². The van der Waals surface area contributed by atoms with Crippen molar-refractivity contribution in [2.24, 2.45) is 0 Å². The van der Waals surface area contributed by atoms with E-state index < -0.39 is 0 Å². The smallest absolute Gasteiger partial charge is 0.170 e. The molecule has 0 amide bonds. The maximum atomic E-state index is 13.1. The van der Waals surface area contributed by atoms with Gasteiger partial charge in [-0.15, -0.1) is 0 Å². The van der Waals surface area contributed by atoms with Crippen LogP contribution in [0.5, 0.6) is 0 Å². The van der Waals surface area contributed by atoms with Crippen molar-refractivity contribution in [1.29, 1.82) is 5.26 Å². The molecule has 1 heterocycles. The molecule has 0 aliphatic carbocycles. The van der Waals surface area contributed by atoms with Gasteiger partial charge in [0.15, 0.2) is 5.58 Å². The lowest BCUT2D eigenvalue weighted by molar-refractivity contribution is 0.306. The predicted molar refractivity (Wildman–Crippen MR) is 80.3 cm³/mol. The fourth-order valence-corrected chi connectivity index (χ4v) is 2.39. The Kier molecular flexibility index (Phi) is 3.86. The summed E-state index contributed by atoms with van der Waals surface area (Å²) in [5.74, 6) is -0.332. The van der Waals surface area contributed by atoms with Gasteiger partial charge in [0.05, 0.1) is 11.6 Å². The number of fused-ring (bicyclic) bond motifs is 1. The summed E-state index contributed by atoms with van der Waals surface area (Å²) >= 11 is 0. The standard InChI is InChI=1S/C17H14FN3O/c1-21(10-13-4-2-12(9-19)3-5-13)11-16-15-7-6-14(18)8-17(15)22-20-16/h2-8H,10-11H2,1H3. The predicted octanol–water partition coefficient (Wildman–Crippen LogP) is 3.47. The van der Waals surface area contributed by atoms with Crippen molar-refractivity contribution in [2.75, 3.05) is 7.05 Å². The fraction of sp³-hybridized carbons (Fsp3) is 0.176. The van der Waals surface area contributed by atoms with Crippen LogP contribution in [0.4, 0.5) is 4.39 Å². The van der Waals surface area contributed by atoms with Crippen LogP contribution in [-0.2, 0) is 13.1 Å². The minimum atomic E-state index is -0.332. The second kappa shape index (κ2) is 5.96. The molecule has 0 aliphatic heterocycles. The van der Waals surface area contributed by atoms with Crippen LogP contribution in [0.25, 0.3) is 11.0 Å². The lowest BCUT2D eigenvalue weighted by Gasteiger charge is -2.15. The van der Waals surface area contributed by atoms with E-state index in [9.17, 15) is 4.39 Å². The number of aromatic nitrogens is 1. The molecule has 0 saturated carbocycles. The zero-order valence-corrected chi connectivity index (χ0v) is 12.1. The maximum absolute atomic E-state index is 13.1. The van der Waals surface area contributed by atoms with Crippen LogP contribution < -0.4 is 0 Å². The molecule has 0 saturated heterocycles. The highest BCUT2D eigenvalue weighted by Crippen LogP contribution is 2.21. The third-order valence-electron chi connectivity index (χ3n) is 3.46. The molecular weight excluding hydrogens is 281 g/mol. The molecule has 3 rings (SSSR count). The van der Waals surface area contributed by atoms with Gasteiger partial charge in [-0.25, -0.2) is 4.39 Å². The van der Waals surface area contributed by atoms with Gasteiger partial charge in [-0.05, 0) is 36.9 Å². The molecule has 0 N–H and O–H groups in total. The Morgan fingerprint density at radius 1 is 1.18 bits per heavy atom. The molecular formula is C17H14FN3O. The van der Waals surface area contributed by atoms with Gasteiger partial charge >= 0.3 is 0 Å². The van der Waals surface area contributed by atoms with E-state index in [1.807, 2.05) is 19.2 Å². The van der Waals surface area contributed by atoms with Gasteiger partial charge in [0.2, 0.25) is 0 Å². The molecule has 3 aromatic rings. The van der Waals surface area contributed by atoms with Gasteiger partial charge < -0.3 is 4.52 Å². The fourth-order valence-electron chi connectivity index (χ4n) is 2.39. The van der Waals surface area contributed by atoms with Crippen LogP contribution in [0, 0.1) is 17.1 Å². The summed E-state index contributed by atoms with van der Waals surface area (Å²) in [6, 6.07) is 14.0. The average Bonchev–Trinajstić information content (AvgIpc) is 2.90. The van der Waals surface area contributed by atoms with E-state index in [0.29, 0.717) is 17.7 Å². The first-order valence-corrected chi connectivity index (χ1v) is 6.87. The molecule has 0 fully saturated rings. The van der Waals surface area contributed by atoms with Crippen molar-refractivity contribution in [3.63, 3.8) is 0 Å². The van der Waals surface area contributed by atoms with Gasteiger partial charge in [-0.2, -0.15) is 5.26 Å². The lowest BCUT2D eigenvalue weighted by atomic mass is 10.1. The first kappa shape index (κ1) is 14.2. The molecule has 0 bridgehead atoms. The minimum absolute atomic E-state index is 0.332. The topological polar surface area (TPSA) is 53.1 Å². The molecule has 0 aliphatic rings. The molecule has 4 nitrogen and oxygen atoms in total. The normalized spacial score (nSPS) is 11.0. The second-order valence-corrected chi connectivity index (χ2v) is 5.25. The first-order valence-electron chi connectivity index (χ1n) is 6.87. The van der Waals surface area contributed by atoms with Crippen molar-refractivity contribution < 1.29 is 8.91 Å². The molecule has 0 radical (unpaired) electrons. The van der Waals surface area contributed by atoms with Gasteiger partial charge in [0.25, 0.3) is 0 Å². The van der Waals surface area contributed by atoms with Crippen molar-refractivity contribution in [3.05, 3.63) is 65.1 Å². The molecule has 22 heavy (non-hydrogen) atoms. The number of nitrogens with zero attached hydrogens (tertiary/aromatic N) is 3. The van der Waals surface area contributed by atoms with Crippen LogP contribution in [0.3, 0.4) is 0 Å². The Morgan fingerprint density at radius 3 is 2.68 bits per heavy atom. The number of benzene rings is 2. The summed E-state index contributed by atoms with van der Waals surface area (Å²) < 4.78 is 18.3. The number of hydrogen-bond acceptors (Lipinski definition) is 4. The molecule has 1 aromatic heterocycles. The van der Waals surface area contributed by atoms with Crippen molar-refractivity contribution in [2.45, 2.75) is 13.1 Å². The summed E-state index contributed by atoms with van der Waals surface area (Å²) in [4.78, 5) is 2.09.